The Hall–Kier alpha value is -3.07. The Morgan fingerprint density at radius 2 is 1.92 bits per heavy atom. The van der Waals surface area contributed by atoms with Crippen molar-refractivity contribution in [1.29, 1.82) is 5.26 Å². The first-order valence-electron chi connectivity index (χ1n) is 7.47. The molecule has 2 aromatic carbocycles. The number of halogens is 1. The van der Waals surface area contributed by atoms with Crippen molar-refractivity contribution in [2.75, 3.05) is 23.9 Å². The highest BCUT2D eigenvalue weighted by atomic mass is 19.1. The predicted molar refractivity (Wildman–Crippen MR) is 95.5 cm³/mol. The van der Waals surface area contributed by atoms with Gasteiger partial charge in [0.15, 0.2) is 5.96 Å². The van der Waals surface area contributed by atoms with E-state index in [1.807, 2.05) is 32.0 Å². The monoisotopic (exact) mass is 325 g/mol. The molecule has 0 aliphatic heterocycles. The molecular weight excluding hydrogens is 305 g/mol. The molecule has 5 nitrogen and oxygen atoms in total. The summed E-state index contributed by atoms with van der Waals surface area (Å²) in [4.78, 5) is 5.67. The number of nitrogens with two attached hydrogens (primary N) is 1. The number of hydrogen-bond donors (Lipinski definition) is 2. The molecule has 3 N–H and O–H groups in total. The maximum atomic E-state index is 14.0. The van der Waals surface area contributed by atoms with Gasteiger partial charge in [-0.1, -0.05) is 12.1 Å². The Kier molecular flexibility index (Phi) is 5.38. The SMILES string of the molecule is Cc1ccc(N(C)C(N)=NCNc2ccc(C)cc2C#N)c(F)c1. The van der Waals surface area contributed by atoms with E-state index in [1.165, 1.54) is 11.0 Å². The molecule has 0 unspecified atom stereocenters. The Morgan fingerprint density at radius 1 is 1.25 bits per heavy atom. The highest BCUT2D eigenvalue weighted by molar-refractivity contribution is 5.94. The topological polar surface area (TPSA) is 77.4 Å². The maximum absolute atomic E-state index is 14.0. The van der Waals surface area contributed by atoms with Crippen molar-refractivity contribution in [2.45, 2.75) is 13.8 Å². The number of aryl methyl sites for hydroxylation is 2. The van der Waals surface area contributed by atoms with Gasteiger partial charge in [-0.15, -0.1) is 0 Å². The van der Waals surface area contributed by atoms with E-state index < -0.39 is 0 Å². The molecule has 0 aliphatic carbocycles. The standard InChI is InChI=1S/C18H20FN5/c1-12-4-6-16(14(8-12)10-20)22-11-23-18(21)24(3)17-7-5-13(2)9-15(17)19/h4-9,22H,11H2,1-3H3,(H2,21,23). The average molecular weight is 325 g/mol. The quantitative estimate of drug-likeness (QED) is 0.669. The number of nitrogens with zero attached hydrogens (tertiary/aromatic N) is 3. The molecule has 0 radical (unpaired) electrons. The summed E-state index contributed by atoms with van der Waals surface area (Å²) in [7, 11) is 1.65. The minimum Gasteiger partial charge on any atom is -0.369 e. The first-order valence-corrected chi connectivity index (χ1v) is 7.47. The number of anilines is 2. The normalized spacial score (nSPS) is 11.0. The van der Waals surface area contributed by atoms with Crippen molar-refractivity contribution in [2.24, 2.45) is 10.7 Å². The average Bonchev–Trinajstić information content (AvgIpc) is 2.55. The van der Waals surface area contributed by atoms with Crippen LogP contribution < -0.4 is 16.0 Å². The summed E-state index contributed by atoms with van der Waals surface area (Å²) in [5, 5.41) is 12.2. The zero-order valence-electron chi connectivity index (χ0n) is 14.0. The maximum Gasteiger partial charge on any atom is 0.197 e. The largest absolute Gasteiger partial charge is 0.369 e. The summed E-state index contributed by atoms with van der Waals surface area (Å²) in [6.45, 7) is 3.93. The minimum absolute atomic E-state index is 0.177. The van der Waals surface area contributed by atoms with E-state index in [9.17, 15) is 4.39 Å². The van der Waals surface area contributed by atoms with Gasteiger partial charge in [0, 0.05) is 7.05 Å². The Balaban J connectivity index is 2.08. The number of hydrogen-bond acceptors (Lipinski definition) is 3. The predicted octanol–water partition coefficient (Wildman–Crippen LogP) is 3.13. The second kappa shape index (κ2) is 7.47. The van der Waals surface area contributed by atoms with Crippen LogP contribution in [-0.4, -0.2) is 19.7 Å². The van der Waals surface area contributed by atoms with Gasteiger partial charge in [-0.25, -0.2) is 9.38 Å². The van der Waals surface area contributed by atoms with Crippen LogP contribution in [0.5, 0.6) is 0 Å². The zero-order valence-corrected chi connectivity index (χ0v) is 14.0. The number of rotatable bonds is 4. The summed E-state index contributed by atoms with van der Waals surface area (Å²) < 4.78 is 14.0. The summed E-state index contributed by atoms with van der Waals surface area (Å²) in [5.74, 6) is -0.176. The highest BCUT2D eigenvalue weighted by Gasteiger charge is 2.10. The molecule has 0 heterocycles. The molecule has 2 aromatic rings. The Bertz CT molecular complexity index is 808. The summed E-state index contributed by atoms with van der Waals surface area (Å²) in [5.41, 5.74) is 9.35. The first kappa shape index (κ1) is 17.3. The third-order valence-corrected chi connectivity index (χ3v) is 3.61. The van der Waals surface area contributed by atoms with Crippen LogP contribution in [0.3, 0.4) is 0 Å². The van der Waals surface area contributed by atoms with Gasteiger partial charge in [0.05, 0.1) is 16.9 Å². The van der Waals surface area contributed by atoms with E-state index in [1.54, 1.807) is 19.2 Å². The lowest BCUT2D eigenvalue weighted by atomic mass is 10.1. The molecular formula is C18H20FN5. The Morgan fingerprint density at radius 3 is 2.58 bits per heavy atom. The van der Waals surface area contributed by atoms with Gasteiger partial charge in [0.25, 0.3) is 0 Å². The zero-order chi connectivity index (χ0) is 17.7. The van der Waals surface area contributed by atoms with Crippen molar-refractivity contribution in [3.8, 4) is 6.07 Å². The van der Waals surface area contributed by atoms with Gasteiger partial charge >= 0.3 is 0 Å². The van der Waals surface area contributed by atoms with Gasteiger partial charge in [0.1, 0.15) is 18.6 Å². The van der Waals surface area contributed by atoms with Crippen molar-refractivity contribution in [1.82, 2.24) is 0 Å². The van der Waals surface area contributed by atoms with Crippen LogP contribution in [0, 0.1) is 31.0 Å². The molecule has 0 amide bonds. The molecule has 0 saturated carbocycles. The van der Waals surface area contributed by atoms with E-state index in [4.69, 9.17) is 11.0 Å². The Labute approximate surface area is 141 Å². The molecule has 6 heteroatoms. The second-order valence-electron chi connectivity index (χ2n) is 5.53. The van der Waals surface area contributed by atoms with Crippen LogP contribution in [0.25, 0.3) is 0 Å². The molecule has 0 spiro atoms. The molecule has 0 bridgehead atoms. The van der Waals surface area contributed by atoms with Crippen molar-refractivity contribution >= 4 is 17.3 Å². The van der Waals surface area contributed by atoms with E-state index >= 15 is 0 Å². The third kappa shape index (κ3) is 4.02. The second-order valence-corrected chi connectivity index (χ2v) is 5.53. The van der Waals surface area contributed by atoms with E-state index in [0.717, 1.165) is 11.1 Å². The fraction of sp³-hybridized carbons (Fsp3) is 0.222. The molecule has 0 aliphatic rings. The van der Waals surface area contributed by atoms with Crippen LogP contribution in [0.1, 0.15) is 16.7 Å². The minimum atomic E-state index is -0.353. The fourth-order valence-electron chi connectivity index (χ4n) is 2.22. The number of guanidine groups is 1. The van der Waals surface area contributed by atoms with Gasteiger partial charge < -0.3 is 16.0 Å². The summed E-state index contributed by atoms with van der Waals surface area (Å²) in [6, 6.07) is 12.6. The molecule has 0 saturated heterocycles. The van der Waals surface area contributed by atoms with Crippen molar-refractivity contribution in [3.63, 3.8) is 0 Å². The van der Waals surface area contributed by atoms with Crippen LogP contribution in [0.2, 0.25) is 0 Å². The van der Waals surface area contributed by atoms with Gasteiger partial charge in [0.2, 0.25) is 0 Å². The molecule has 24 heavy (non-hydrogen) atoms. The molecule has 124 valence electrons. The molecule has 0 fully saturated rings. The smallest absolute Gasteiger partial charge is 0.197 e. The lowest BCUT2D eigenvalue weighted by Gasteiger charge is -2.19. The van der Waals surface area contributed by atoms with E-state index in [2.05, 4.69) is 16.4 Å². The summed E-state index contributed by atoms with van der Waals surface area (Å²) >= 11 is 0. The van der Waals surface area contributed by atoms with E-state index in [-0.39, 0.29) is 18.4 Å². The lowest BCUT2D eigenvalue weighted by molar-refractivity contribution is 0.627. The molecule has 2 rings (SSSR count). The van der Waals surface area contributed by atoms with Crippen molar-refractivity contribution in [3.05, 3.63) is 58.9 Å². The van der Waals surface area contributed by atoms with Crippen LogP contribution in [0.15, 0.2) is 41.4 Å². The number of nitriles is 1. The van der Waals surface area contributed by atoms with Crippen LogP contribution >= 0.6 is 0 Å². The van der Waals surface area contributed by atoms with Gasteiger partial charge in [-0.3, -0.25) is 0 Å². The number of nitrogens with one attached hydrogen (secondary N) is 1. The summed E-state index contributed by atoms with van der Waals surface area (Å²) in [6.07, 6.45) is 0. The highest BCUT2D eigenvalue weighted by Crippen LogP contribution is 2.19. The van der Waals surface area contributed by atoms with Gasteiger partial charge in [-0.2, -0.15) is 5.26 Å². The third-order valence-electron chi connectivity index (χ3n) is 3.61. The van der Waals surface area contributed by atoms with Crippen LogP contribution in [0.4, 0.5) is 15.8 Å². The fourth-order valence-corrected chi connectivity index (χ4v) is 2.22. The van der Waals surface area contributed by atoms with Crippen molar-refractivity contribution < 1.29 is 4.39 Å². The number of aliphatic imine (C=N–C) groups is 1. The number of benzene rings is 2. The lowest BCUT2D eigenvalue weighted by Crippen LogP contribution is -2.35. The van der Waals surface area contributed by atoms with E-state index in [0.29, 0.717) is 16.9 Å². The van der Waals surface area contributed by atoms with Crippen LogP contribution in [-0.2, 0) is 0 Å². The first-order chi connectivity index (χ1) is 11.4. The molecule has 0 atom stereocenters. The molecule has 0 aromatic heterocycles. The van der Waals surface area contributed by atoms with Gasteiger partial charge in [-0.05, 0) is 49.2 Å².